The SMILES string of the molecule is CC(CNCCCCCCN)C(C)(C)C. The molecule has 0 saturated carbocycles. The van der Waals surface area contributed by atoms with E-state index < -0.39 is 0 Å². The van der Waals surface area contributed by atoms with E-state index in [2.05, 4.69) is 33.0 Å². The zero-order chi connectivity index (χ0) is 11.7. The lowest BCUT2D eigenvalue weighted by molar-refractivity contribution is 0.253. The van der Waals surface area contributed by atoms with Gasteiger partial charge in [-0.3, -0.25) is 0 Å². The van der Waals surface area contributed by atoms with Crippen LogP contribution in [0.15, 0.2) is 0 Å². The highest BCUT2D eigenvalue weighted by atomic mass is 14.9. The third kappa shape index (κ3) is 8.88. The van der Waals surface area contributed by atoms with Gasteiger partial charge < -0.3 is 11.1 Å². The second-order valence-electron chi connectivity index (χ2n) is 5.67. The van der Waals surface area contributed by atoms with Gasteiger partial charge in [0.15, 0.2) is 0 Å². The van der Waals surface area contributed by atoms with E-state index in [1.807, 2.05) is 0 Å². The summed E-state index contributed by atoms with van der Waals surface area (Å²) in [5.74, 6) is 0.738. The second-order valence-corrected chi connectivity index (χ2v) is 5.67. The quantitative estimate of drug-likeness (QED) is 0.610. The molecule has 0 aromatic heterocycles. The molecule has 3 N–H and O–H groups in total. The van der Waals surface area contributed by atoms with Crippen LogP contribution in [0.4, 0.5) is 0 Å². The number of nitrogens with one attached hydrogen (secondary N) is 1. The van der Waals surface area contributed by atoms with Crippen LogP contribution in [0.2, 0.25) is 0 Å². The smallest absolute Gasteiger partial charge is 0.00182 e. The van der Waals surface area contributed by atoms with Crippen molar-refractivity contribution < 1.29 is 0 Å². The van der Waals surface area contributed by atoms with Crippen molar-refractivity contribution in [3.05, 3.63) is 0 Å². The predicted octanol–water partition coefficient (Wildman–Crippen LogP) is 2.78. The Hall–Kier alpha value is -0.0800. The number of unbranched alkanes of at least 4 members (excludes halogenated alkanes) is 3. The molecule has 15 heavy (non-hydrogen) atoms. The van der Waals surface area contributed by atoms with Gasteiger partial charge >= 0.3 is 0 Å². The summed E-state index contributed by atoms with van der Waals surface area (Å²) in [4.78, 5) is 0. The van der Waals surface area contributed by atoms with Crippen LogP contribution in [0.1, 0.15) is 53.4 Å². The van der Waals surface area contributed by atoms with Gasteiger partial charge in [-0.2, -0.15) is 0 Å². The molecule has 0 aromatic carbocycles. The normalized spacial score (nSPS) is 14.2. The van der Waals surface area contributed by atoms with Crippen LogP contribution < -0.4 is 11.1 Å². The Labute approximate surface area is 96.0 Å². The molecule has 0 aliphatic carbocycles. The number of hydrogen-bond acceptors (Lipinski definition) is 2. The predicted molar refractivity (Wildman–Crippen MR) is 69.0 cm³/mol. The van der Waals surface area contributed by atoms with Crippen molar-refractivity contribution in [2.75, 3.05) is 19.6 Å². The Kier molecular flexibility index (Phi) is 8.07. The van der Waals surface area contributed by atoms with E-state index in [1.54, 1.807) is 0 Å². The first-order valence-electron chi connectivity index (χ1n) is 6.39. The molecule has 0 aliphatic rings. The Balaban J connectivity index is 3.24. The Morgan fingerprint density at radius 3 is 2.20 bits per heavy atom. The van der Waals surface area contributed by atoms with Crippen LogP contribution in [0, 0.1) is 11.3 Å². The van der Waals surface area contributed by atoms with Crippen LogP contribution in [0.5, 0.6) is 0 Å². The molecule has 0 radical (unpaired) electrons. The summed E-state index contributed by atoms with van der Waals surface area (Å²) >= 11 is 0. The highest BCUT2D eigenvalue weighted by Crippen LogP contribution is 2.24. The standard InChI is InChI=1S/C13H30N2/c1-12(13(2,3)4)11-15-10-8-6-5-7-9-14/h12,15H,5-11,14H2,1-4H3. The van der Waals surface area contributed by atoms with Gasteiger partial charge in [-0.05, 0) is 43.8 Å². The lowest BCUT2D eigenvalue weighted by atomic mass is 9.82. The van der Waals surface area contributed by atoms with E-state index in [-0.39, 0.29) is 0 Å². The van der Waals surface area contributed by atoms with Crippen LogP contribution in [-0.2, 0) is 0 Å². The van der Waals surface area contributed by atoms with Crippen LogP contribution >= 0.6 is 0 Å². The first-order chi connectivity index (χ1) is 6.98. The van der Waals surface area contributed by atoms with E-state index >= 15 is 0 Å². The highest BCUT2D eigenvalue weighted by Gasteiger charge is 2.18. The molecule has 0 saturated heterocycles. The molecule has 0 amide bonds. The van der Waals surface area contributed by atoms with Gasteiger partial charge in [0.2, 0.25) is 0 Å². The molecule has 2 heteroatoms. The van der Waals surface area contributed by atoms with E-state index in [0.29, 0.717) is 5.41 Å². The maximum Gasteiger partial charge on any atom is -0.00182 e. The van der Waals surface area contributed by atoms with E-state index in [9.17, 15) is 0 Å². The fourth-order valence-electron chi connectivity index (χ4n) is 1.37. The molecular formula is C13H30N2. The molecule has 1 unspecified atom stereocenters. The maximum atomic E-state index is 5.44. The first kappa shape index (κ1) is 14.9. The van der Waals surface area contributed by atoms with Crippen LogP contribution in [0.25, 0.3) is 0 Å². The monoisotopic (exact) mass is 214 g/mol. The summed E-state index contributed by atoms with van der Waals surface area (Å²) in [6.45, 7) is 12.4. The van der Waals surface area contributed by atoms with Crippen LogP contribution in [-0.4, -0.2) is 19.6 Å². The Bertz CT molecular complexity index is 138. The molecule has 2 nitrogen and oxygen atoms in total. The van der Waals surface area contributed by atoms with Gasteiger partial charge in [0.1, 0.15) is 0 Å². The summed E-state index contributed by atoms with van der Waals surface area (Å²) in [6.07, 6.45) is 5.07. The molecule has 92 valence electrons. The van der Waals surface area contributed by atoms with Crippen molar-refractivity contribution in [1.82, 2.24) is 5.32 Å². The summed E-state index contributed by atoms with van der Waals surface area (Å²) in [7, 11) is 0. The van der Waals surface area contributed by atoms with Gasteiger partial charge in [-0.15, -0.1) is 0 Å². The third-order valence-electron chi connectivity index (χ3n) is 3.24. The summed E-state index contributed by atoms with van der Waals surface area (Å²) in [5.41, 5.74) is 5.86. The third-order valence-corrected chi connectivity index (χ3v) is 3.24. The van der Waals surface area contributed by atoms with Crippen molar-refractivity contribution in [3.8, 4) is 0 Å². The van der Waals surface area contributed by atoms with Gasteiger partial charge in [-0.25, -0.2) is 0 Å². The lowest BCUT2D eigenvalue weighted by Gasteiger charge is -2.27. The average molecular weight is 214 g/mol. The van der Waals surface area contributed by atoms with Crippen molar-refractivity contribution >= 4 is 0 Å². The minimum atomic E-state index is 0.423. The number of rotatable bonds is 8. The topological polar surface area (TPSA) is 38.0 Å². The zero-order valence-corrected chi connectivity index (χ0v) is 11.1. The van der Waals surface area contributed by atoms with E-state index in [4.69, 9.17) is 5.73 Å². The second kappa shape index (κ2) is 8.12. The zero-order valence-electron chi connectivity index (χ0n) is 11.1. The largest absolute Gasteiger partial charge is 0.330 e. The van der Waals surface area contributed by atoms with Gasteiger partial charge in [0.25, 0.3) is 0 Å². The minimum Gasteiger partial charge on any atom is -0.330 e. The molecular weight excluding hydrogens is 184 g/mol. The van der Waals surface area contributed by atoms with E-state index in [1.165, 1.54) is 25.7 Å². The first-order valence-corrected chi connectivity index (χ1v) is 6.39. The number of hydrogen-bond donors (Lipinski definition) is 2. The molecule has 0 fully saturated rings. The number of nitrogens with two attached hydrogens (primary N) is 1. The van der Waals surface area contributed by atoms with Crippen molar-refractivity contribution in [1.29, 1.82) is 0 Å². The Morgan fingerprint density at radius 2 is 1.67 bits per heavy atom. The van der Waals surface area contributed by atoms with E-state index in [0.717, 1.165) is 25.6 Å². The molecule has 0 heterocycles. The van der Waals surface area contributed by atoms with Crippen molar-refractivity contribution in [2.45, 2.75) is 53.4 Å². The molecule has 1 atom stereocenters. The lowest BCUT2D eigenvalue weighted by Crippen LogP contribution is -2.30. The van der Waals surface area contributed by atoms with Crippen molar-refractivity contribution in [2.24, 2.45) is 17.1 Å². The fourth-order valence-corrected chi connectivity index (χ4v) is 1.37. The minimum absolute atomic E-state index is 0.423. The summed E-state index contributed by atoms with van der Waals surface area (Å²) < 4.78 is 0. The maximum absolute atomic E-state index is 5.44. The fraction of sp³-hybridized carbons (Fsp3) is 1.00. The van der Waals surface area contributed by atoms with Crippen LogP contribution in [0.3, 0.4) is 0 Å². The average Bonchev–Trinajstić information content (AvgIpc) is 2.14. The van der Waals surface area contributed by atoms with Gasteiger partial charge in [0, 0.05) is 0 Å². The van der Waals surface area contributed by atoms with Gasteiger partial charge in [0.05, 0.1) is 0 Å². The molecule has 0 rings (SSSR count). The summed E-state index contributed by atoms with van der Waals surface area (Å²) in [5, 5.41) is 3.54. The molecule has 0 spiro atoms. The highest BCUT2D eigenvalue weighted by molar-refractivity contribution is 4.71. The van der Waals surface area contributed by atoms with Crippen molar-refractivity contribution in [3.63, 3.8) is 0 Å². The molecule has 0 bridgehead atoms. The molecule has 0 aromatic rings. The van der Waals surface area contributed by atoms with Gasteiger partial charge in [-0.1, -0.05) is 40.5 Å². The Morgan fingerprint density at radius 1 is 1.07 bits per heavy atom. The summed E-state index contributed by atoms with van der Waals surface area (Å²) in [6, 6.07) is 0. The molecule has 0 aliphatic heterocycles.